The van der Waals surface area contributed by atoms with E-state index in [1.807, 2.05) is 0 Å². The van der Waals surface area contributed by atoms with Gasteiger partial charge in [0.05, 0.1) is 11.1 Å². The Balaban J connectivity index is 2.00. The van der Waals surface area contributed by atoms with Crippen molar-refractivity contribution in [2.75, 3.05) is 0 Å². The van der Waals surface area contributed by atoms with E-state index < -0.39 is 29.7 Å². The van der Waals surface area contributed by atoms with Gasteiger partial charge in [0.1, 0.15) is 6.04 Å². The molecule has 3 rings (SSSR count). The van der Waals surface area contributed by atoms with Crippen LogP contribution in [-0.2, 0) is 9.59 Å². The molecule has 1 saturated heterocycles. The standard InChI is InChI=1S/C14H12N2O4/c1-7-6-10(17)15-12(18)11(7)16-13(19)8-4-2-3-5-9(8)14(16)20/h2-5,7,11H,6H2,1H3,(H,15,17,18). The molecule has 4 amide bonds. The lowest BCUT2D eigenvalue weighted by Crippen LogP contribution is -2.58. The Morgan fingerprint density at radius 1 is 1.05 bits per heavy atom. The van der Waals surface area contributed by atoms with Crippen LogP contribution in [0.2, 0.25) is 0 Å². The predicted molar refractivity (Wildman–Crippen MR) is 67.7 cm³/mol. The number of piperidine rings is 1. The number of carbonyl (C=O) groups excluding carboxylic acids is 4. The summed E-state index contributed by atoms with van der Waals surface area (Å²) in [4.78, 5) is 48.9. The van der Waals surface area contributed by atoms with Crippen LogP contribution in [0.5, 0.6) is 0 Å². The van der Waals surface area contributed by atoms with Gasteiger partial charge in [-0.25, -0.2) is 0 Å². The van der Waals surface area contributed by atoms with Crippen molar-refractivity contribution in [3.63, 3.8) is 0 Å². The molecule has 2 aliphatic heterocycles. The molecular weight excluding hydrogens is 260 g/mol. The summed E-state index contributed by atoms with van der Waals surface area (Å²) in [7, 11) is 0. The first-order chi connectivity index (χ1) is 9.50. The molecule has 0 aromatic heterocycles. The molecule has 1 aromatic carbocycles. The highest BCUT2D eigenvalue weighted by molar-refractivity contribution is 6.23. The highest BCUT2D eigenvalue weighted by Crippen LogP contribution is 2.29. The maximum Gasteiger partial charge on any atom is 0.262 e. The lowest BCUT2D eigenvalue weighted by atomic mass is 9.92. The zero-order valence-corrected chi connectivity index (χ0v) is 10.8. The number of hydrogen-bond acceptors (Lipinski definition) is 4. The molecule has 6 nitrogen and oxygen atoms in total. The monoisotopic (exact) mass is 272 g/mol. The Hall–Kier alpha value is -2.50. The topological polar surface area (TPSA) is 83.6 Å². The summed E-state index contributed by atoms with van der Waals surface area (Å²) in [6.45, 7) is 1.69. The van der Waals surface area contributed by atoms with Crippen molar-refractivity contribution in [3.8, 4) is 0 Å². The van der Waals surface area contributed by atoms with Gasteiger partial charge in [-0.1, -0.05) is 19.1 Å². The minimum atomic E-state index is -0.930. The third-order valence-corrected chi connectivity index (χ3v) is 3.68. The van der Waals surface area contributed by atoms with Gasteiger partial charge < -0.3 is 0 Å². The van der Waals surface area contributed by atoms with Gasteiger partial charge in [0.25, 0.3) is 11.8 Å². The molecule has 0 saturated carbocycles. The van der Waals surface area contributed by atoms with Gasteiger partial charge >= 0.3 is 0 Å². The van der Waals surface area contributed by atoms with Crippen molar-refractivity contribution in [1.82, 2.24) is 10.2 Å². The summed E-state index contributed by atoms with van der Waals surface area (Å²) in [5, 5.41) is 2.18. The number of imide groups is 2. The number of carbonyl (C=O) groups is 4. The zero-order chi connectivity index (χ0) is 14.4. The zero-order valence-electron chi connectivity index (χ0n) is 10.8. The molecule has 2 unspecified atom stereocenters. The van der Waals surface area contributed by atoms with Crippen LogP contribution in [0.1, 0.15) is 34.1 Å². The fourth-order valence-corrected chi connectivity index (χ4v) is 2.76. The van der Waals surface area contributed by atoms with E-state index in [9.17, 15) is 19.2 Å². The van der Waals surface area contributed by atoms with E-state index in [0.29, 0.717) is 11.1 Å². The van der Waals surface area contributed by atoms with Gasteiger partial charge in [0.15, 0.2) is 0 Å². The number of benzene rings is 1. The molecule has 1 N–H and O–H groups in total. The van der Waals surface area contributed by atoms with E-state index in [4.69, 9.17) is 0 Å². The third-order valence-electron chi connectivity index (χ3n) is 3.68. The molecule has 20 heavy (non-hydrogen) atoms. The first kappa shape index (κ1) is 12.5. The van der Waals surface area contributed by atoms with Crippen LogP contribution in [0.15, 0.2) is 24.3 Å². The van der Waals surface area contributed by atoms with Crippen LogP contribution in [0.25, 0.3) is 0 Å². The van der Waals surface area contributed by atoms with Crippen molar-refractivity contribution >= 4 is 23.6 Å². The van der Waals surface area contributed by atoms with Gasteiger partial charge in [-0.2, -0.15) is 0 Å². The van der Waals surface area contributed by atoms with Gasteiger partial charge in [-0.15, -0.1) is 0 Å². The SMILES string of the molecule is CC1CC(=O)NC(=O)C1N1C(=O)c2ccccc2C1=O. The summed E-state index contributed by atoms with van der Waals surface area (Å²) in [5.41, 5.74) is 0.601. The minimum Gasteiger partial charge on any atom is -0.295 e. The molecule has 1 fully saturated rings. The predicted octanol–water partition coefficient (Wildman–Crippen LogP) is 0.334. The summed E-state index contributed by atoms with van der Waals surface area (Å²) >= 11 is 0. The first-order valence-corrected chi connectivity index (χ1v) is 6.31. The average Bonchev–Trinajstić information content (AvgIpc) is 2.64. The number of hydrogen-bond donors (Lipinski definition) is 1. The average molecular weight is 272 g/mol. The Kier molecular flexibility index (Phi) is 2.67. The van der Waals surface area contributed by atoms with Gasteiger partial charge in [-0.05, 0) is 18.1 Å². The Labute approximate surface area is 114 Å². The van der Waals surface area contributed by atoms with Gasteiger partial charge in [0, 0.05) is 6.42 Å². The Morgan fingerprint density at radius 3 is 2.10 bits per heavy atom. The molecule has 102 valence electrons. The Morgan fingerprint density at radius 2 is 1.60 bits per heavy atom. The minimum absolute atomic E-state index is 0.115. The number of fused-ring (bicyclic) bond motifs is 1. The second kappa shape index (κ2) is 4.26. The lowest BCUT2D eigenvalue weighted by Gasteiger charge is -2.32. The maximum absolute atomic E-state index is 12.3. The molecule has 0 aliphatic carbocycles. The lowest BCUT2D eigenvalue weighted by molar-refractivity contribution is -0.138. The van der Waals surface area contributed by atoms with Crippen molar-refractivity contribution in [1.29, 1.82) is 0 Å². The van der Waals surface area contributed by atoms with Gasteiger partial charge in [-0.3, -0.25) is 29.4 Å². The number of nitrogens with one attached hydrogen (secondary N) is 1. The number of nitrogens with zero attached hydrogens (tertiary/aromatic N) is 1. The molecule has 6 heteroatoms. The van der Waals surface area contributed by atoms with Gasteiger partial charge in [0.2, 0.25) is 11.8 Å². The second-order valence-electron chi connectivity index (χ2n) is 5.06. The van der Waals surface area contributed by atoms with Crippen LogP contribution in [0, 0.1) is 5.92 Å². The van der Waals surface area contributed by atoms with Crippen LogP contribution in [-0.4, -0.2) is 34.6 Å². The van der Waals surface area contributed by atoms with Crippen LogP contribution < -0.4 is 5.32 Å². The van der Waals surface area contributed by atoms with Crippen LogP contribution in [0.3, 0.4) is 0 Å². The molecule has 0 bridgehead atoms. The molecule has 0 spiro atoms. The third kappa shape index (κ3) is 1.65. The Bertz CT molecular complexity index is 617. The normalized spacial score (nSPS) is 25.8. The van der Waals surface area contributed by atoms with E-state index in [0.717, 1.165) is 4.90 Å². The van der Waals surface area contributed by atoms with E-state index in [-0.39, 0.29) is 12.3 Å². The molecule has 2 atom stereocenters. The fraction of sp³-hybridized carbons (Fsp3) is 0.286. The van der Waals surface area contributed by atoms with Crippen molar-refractivity contribution in [2.24, 2.45) is 5.92 Å². The van der Waals surface area contributed by atoms with E-state index in [1.54, 1.807) is 31.2 Å². The largest absolute Gasteiger partial charge is 0.295 e. The molecule has 1 aromatic rings. The molecule has 2 heterocycles. The summed E-state index contributed by atoms with van der Waals surface area (Å²) in [6, 6.07) is 5.53. The van der Waals surface area contributed by atoms with Crippen molar-refractivity contribution < 1.29 is 19.2 Å². The summed E-state index contributed by atoms with van der Waals surface area (Å²) in [6.07, 6.45) is 0.115. The summed E-state index contributed by atoms with van der Waals surface area (Å²) in [5.74, 6) is -2.32. The second-order valence-corrected chi connectivity index (χ2v) is 5.06. The van der Waals surface area contributed by atoms with Crippen molar-refractivity contribution in [2.45, 2.75) is 19.4 Å². The fourth-order valence-electron chi connectivity index (χ4n) is 2.76. The van der Waals surface area contributed by atoms with E-state index >= 15 is 0 Å². The quantitative estimate of drug-likeness (QED) is 0.747. The van der Waals surface area contributed by atoms with E-state index in [2.05, 4.69) is 5.32 Å². The van der Waals surface area contributed by atoms with Crippen LogP contribution in [0.4, 0.5) is 0 Å². The molecule has 2 aliphatic rings. The highest BCUT2D eigenvalue weighted by Gasteiger charge is 2.47. The highest BCUT2D eigenvalue weighted by atomic mass is 16.2. The molecule has 0 radical (unpaired) electrons. The number of rotatable bonds is 1. The number of amides is 4. The van der Waals surface area contributed by atoms with E-state index in [1.165, 1.54) is 0 Å². The van der Waals surface area contributed by atoms with Crippen molar-refractivity contribution in [3.05, 3.63) is 35.4 Å². The molecular formula is C14H12N2O4. The first-order valence-electron chi connectivity index (χ1n) is 6.31. The van der Waals surface area contributed by atoms with Crippen LogP contribution >= 0.6 is 0 Å². The summed E-state index contributed by atoms with van der Waals surface area (Å²) < 4.78 is 0. The smallest absolute Gasteiger partial charge is 0.262 e. The maximum atomic E-state index is 12.3.